The monoisotopic (exact) mass is 301 g/mol. The maximum absolute atomic E-state index is 12.7. The highest BCUT2D eigenvalue weighted by Gasteiger charge is 2.23. The first kappa shape index (κ1) is 13.8. The van der Waals surface area contributed by atoms with E-state index in [0.717, 1.165) is 11.1 Å². The van der Waals surface area contributed by atoms with Gasteiger partial charge < -0.3 is 5.73 Å². The molecule has 2 aromatic carbocycles. The second kappa shape index (κ2) is 5.31. The lowest BCUT2D eigenvalue weighted by atomic mass is 10.1. The van der Waals surface area contributed by atoms with Gasteiger partial charge in [0.05, 0.1) is 10.4 Å². The third kappa shape index (κ3) is 2.32. The SMILES string of the molecule is NCCc1cccc2c(S(=O)(=O)c3ccccc3)n[nH]c12. The van der Waals surface area contributed by atoms with Crippen LogP contribution < -0.4 is 5.73 Å². The van der Waals surface area contributed by atoms with Gasteiger partial charge in [-0.2, -0.15) is 5.10 Å². The molecule has 0 radical (unpaired) electrons. The van der Waals surface area contributed by atoms with Crippen LogP contribution in [0.2, 0.25) is 0 Å². The number of aromatic amines is 1. The van der Waals surface area contributed by atoms with Gasteiger partial charge in [-0.3, -0.25) is 5.10 Å². The molecular formula is C15H15N3O2S. The third-order valence-corrected chi connectivity index (χ3v) is 5.09. The van der Waals surface area contributed by atoms with Crippen LogP contribution in [0.4, 0.5) is 0 Å². The van der Waals surface area contributed by atoms with E-state index in [0.29, 0.717) is 18.4 Å². The summed E-state index contributed by atoms with van der Waals surface area (Å²) in [5.74, 6) is 0. The fourth-order valence-corrected chi connectivity index (χ4v) is 3.72. The normalized spacial score (nSPS) is 11.9. The lowest BCUT2D eigenvalue weighted by Crippen LogP contribution is -2.03. The van der Waals surface area contributed by atoms with Crippen molar-refractivity contribution in [2.45, 2.75) is 16.3 Å². The summed E-state index contributed by atoms with van der Waals surface area (Å²) >= 11 is 0. The van der Waals surface area contributed by atoms with Crippen LogP contribution in [-0.4, -0.2) is 25.2 Å². The predicted molar refractivity (Wildman–Crippen MR) is 80.7 cm³/mol. The summed E-state index contributed by atoms with van der Waals surface area (Å²) < 4.78 is 25.3. The van der Waals surface area contributed by atoms with Gasteiger partial charge in [-0.25, -0.2) is 8.42 Å². The van der Waals surface area contributed by atoms with Gasteiger partial charge in [0.1, 0.15) is 0 Å². The molecular weight excluding hydrogens is 286 g/mol. The molecule has 0 fully saturated rings. The minimum absolute atomic E-state index is 0.0579. The molecule has 108 valence electrons. The van der Waals surface area contributed by atoms with E-state index >= 15 is 0 Å². The van der Waals surface area contributed by atoms with Crippen molar-refractivity contribution in [2.24, 2.45) is 5.73 Å². The number of aromatic nitrogens is 2. The van der Waals surface area contributed by atoms with Crippen LogP contribution in [0.1, 0.15) is 5.56 Å². The Kier molecular flexibility index (Phi) is 3.48. The molecule has 0 unspecified atom stereocenters. The number of hydrogen-bond acceptors (Lipinski definition) is 4. The molecule has 0 aliphatic heterocycles. The van der Waals surface area contributed by atoms with Crippen molar-refractivity contribution in [2.75, 3.05) is 6.54 Å². The average Bonchev–Trinajstić information content (AvgIpc) is 2.94. The second-order valence-corrected chi connectivity index (χ2v) is 6.59. The molecule has 0 bridgehead atoms. The van der Waals surface area contributed by atoms with E-state index in [1.165, 1.54) is 0 Å². The number of fused-ring (bicyclic) bond motifs is 1. The Bertz CT molecular complexity index is 870. The fraction of sp³-hybridized carbons (Fsp3) is 0.133. The zero-order valence-electron chi connectivity index (χ0n) is 11.3. The van der Waals surface area contributed by atoms with Crippen LogP contribution in [-0.2, 0) is 16.3 Å². The zero-order valence-corrected chi connectivity index (χ0v) is 12.1. The summed E-state index contributed by atoms with van der Waals surface area (Å²) in [6.45, 7) is 0.499. The van der Waals surface area contributed by atoms with Crippen LogP contribution in [0.15, 0.2) is 58.5 Å². The molecule has 3 rings (SSSR count). The number of nitrogens with two attached hydrogens (primary N) is 1. The van der Waals surface area contributed by atoms with E-state index in [1.54, 1.807) is 36.4 Å². The van der Waals surface area contributed by atoms with E-state index in [1.807, 2.05) is 12.1 Å². The standard InChI is InChI=1S/C15H15N3O2S/c16-10-9-11-5-4-8-13-14(11)17-18-15(13)21(19,20)12-6-2-1-3-7-12/h1-8H,9-10,16H2,(H,17,18). The van der Waals surface area contributed by atoms with Gasteiger partial charge >= 0.3 is 0 Å². The Balaban J connectivity index is 2.20. The highest BCUT2D eigenvalue weighted by Crippen LogP contribution is 2.27. The lowest BCUT2D eigenvalue weighted by Gasteiger charge is -2.03. The van der Waals surface area contributed by atoms with Crippen molar-refractivity contribution >= 4 is 20.7 Å². The van der Waals surface area contributed by atoms with Crippen LogP contribution in [0.25, 0.3) is 10.9 Å². The van der Waals surface area contributed by atoms with Gasteiger partial charge in [0, 0.05) is 5.39 Å². The molecule has 3 N–H and O–H groups in total. The fourth-order valence-electron chi connectivity index (χ4n) is 2.36. The summed E-state index contributed by atoms with van der Waals surface area (Å²) in [5.41, 5.74) is 7.29. The van der Waals surface area contributed by atoms with Crippen molar-refractivity contribution in [3.8, 4) is 0 Å². The van der Waals surface area contributed by atoms with Gasteiger partial charge in [-0.05, 0) is 36.7 Å². The van der Waals surface area contributed by atoms with Gasteiger partial charge in [0.25, 0.3) is 0 Å². The Morgan fingerprint density at radius 2 is 1.81 bits per heavy atom. The molecule has 0 aliphatic rings. The molecule has 0 saturated carbocycles. The molecule has 6 heteroatoms. The van der Waals surface area contributed by atoms with E-state index in [4.69, 9.17) is 5.73 Å². The number of rotatable bonds is 4. The van der Waals surface area contributed by atoms with E-state index in [2.05, 4.69) is 10.2 Å². The molecule has 3 aromatic rings. The molecule has 0 amide bonds. The molecule has 0 atom stereocenters. The van der Waals surface area contributed by atoms with Crippen LogP contribution in [0.5, 0.6) is 0 Å². The van der Waals surface area contributed by atoms with Gasteiger partial charge in [0.15, 0.2) is 5.03 Å². The predicted octanol–water partition coefficient (Wildman–Crippen LogP) is 1.90. The van der Waals surface area contributed by atoms with Crippen molar-refractivity contribution in [3.05, 3.63) is 54.1 Å². The first-order valence-corrected chi connectivity index (χ1v) is 8.09. The Morgan fingerprint density at radius 1 is 1.05 bits per heavy atom. The van der Waals surface area contributed by atoms with Gasteiger partial charge in [-0.15, -0.1) is 0 Å². The average molecular weight is 301 g/mol. The number of benzene rings is 2. The largest absolute Gasteiger partial charge is 0.330 e. The maximum Gasteiger partial charge on any atom is 0.226 e. The number of nitrogens with zero attached hydrogens (tertiary/aromatic N) is 1. The molecule has 0 saturated heterocycles. The Hall–Kier alpha value is -2.18. The summed E-state index contributed by atoms with van der Waals surface area (Å²) in [5, 5.41) is 7.52. The maximum atomic E-state index is 12.7. The van der Waals surface area contributed by atoms with Crippen molar-refractivity contribution < 1.29 is 8.42 Å². The zero-order chi connectivity index (χ0) is 14.9. The quantitative estimate of drug-likeness (QED) is 0.770. The van der Waals surface area contributed by atoms with E-state index in [-0.39, 0.29) is 9.92 Å². The molecule has 1 aromatic heterocycles. The van der Waals surface area contributed by atoms with E-state index < -0.39 is 9.84 Å². The lowest BCUT2D eigenvalue weighted by molar-refractivity contribution is 0.593. The van der Waals surface area contributed by atoms with Crippen molar-refractivity contribution in [3.63, 3.8) is 0 Å². The topological polar surface area (TPSA) is 88.8 Å². The summed E-state index contributed by atoms with van der Waals surface area (Å²) in [6, 6.07) is 13.8. The minimum atomic E-state index is -3.63. The number of sulfone groups is 1. The highest BCUT2D eigenvalue weighted by molar-refractivity contribution is 7.91. The number of para-hydroxylation sites is 1. The van der Waals surface area contributed by atoms with Crippen LogP contribution in [0, 0.1) is 0 Å². The molecule has 5 nitrogen and oxygen atoms in total. The Labute approximate surface area is 122 Å². The van der Waals surface area contributed by atoms with Gasteiger partial charge in [-0.1, -0.05) is 30.3 Å². The molecule has 0 aliphatic carbocycles. The minimum Gasteiger partial charge on any atom is -0.330 e. The number of nitrogens with one attached hydrogen (secondary N) is 1. The molecule has 21 heavy (non-hydrogen) atoms. The first-order valence-electron chi connectivity index (χ1n) is 6.61. The third-order valence-electron chi connectivity index (χ3n) is 3.37. The summed E-state index contributed by atoms with van der Waals surface area (Å²) in [4.78, 5) is 0.239. The number of hydrogen-bond donors (Lipinski definition) is 2. The molecule has 1 heterocycles. The van der Waals surface area contributed by atoms with Crippen molar-refractivity contribution in [1.29, 1.82) is 0 Å². The molecule has 0 spiro atoms. The Morgan fingerprint density at radius 3 is 2.52 bits per heavy atom. The van der Waals surface area contributed by atoms with Gasteiger partial charge in [0.2, 0.25) is 9.84 Å². The highest BCUT2D eigenvalue weighted by atomic mass is 32.2. The summed E-state index contributed by atoms with van der Waals surface area (Å²) in [6.07, 6.45) is 0.671. The second-order valence-electron chi connectivity index (χ2n) is 4.72. The number of H-pyrrole nitrogens is 1. The van der Waals surface area contributed by atoms with Crippen LogP contribution >= 0.6 is 0 Å². The summed E-state index contributed by atoms with van der Waals surface area (Å²) in [7, 11) is -3.63. The van der Waals surface area contributed by atoms with E-state index in [9.17, 15) is 8.42 Å². The smallest absolute Gasteiger partial charge is 0.226 e. The van der Waals surface area contributed by atoms with Crippen LogP contribution in [0.3, 0.4) is 0 Å². The first-order chi connectivity index (χ1) is 10.1. The van der Waals surface area contributed by atoms with Crippen molar-refractivity contribution in [1.82, 2.24) is 10.2 Å².